The number of alkyl halides is 3. The Morgan fingerprint density at radius 2 is 2.20 bits per heavy atom. The molecule has 0 radical (unpaired) electrons. The van der Waals surface area contributed by atoms with E-state index in [9.17, 15) is 18.0 Å². The molecule has 8 heteroatoms. The van der Waals surface area contributed by atoms with E-state index in [0.717, 1.165) is 0 Å². The maximum absolute atomic E-state index is 12.0. The van der Waals surface area contributed by atoms with Crippen LogP contribution in [0.1, 0.15) is 30.1 Å². The molecule has 0 fully saturated rings. The number of pyridine rings is 1. The zero-order chi connectivity index (χ0) is 15.2. The fraction of sp³-hybridized carbons (Fsp3) is 0.500. The topological polar surface area (TPSA) is 77.2 Å². The fourth-order valence-electron chi connectivity index (χ4n) is 1.45. The summed E-state index contributed by atoms with van der Waals surface area (Å²) in [6, 6.07) is 1.36. The number of esters is 1. The molecule has 0 aliphatic heterocycles. The molecule has 1 aromatic rings. The summed E-state index contributed by atoms with van der Waals surface area (Å²) in [7, 11) is 0. The minimum Gasteiger partial charge on any atom is -0.462 e. The van der Waals surface area contributed by atoms with Gasteiger partial charge in [-0.05, 0) is 19.4 Å². The van der Waals surface area contributed by atoms with E-state index >= 15 is 0 Å². The molecule has 0 saturated carbocycles. The van der Waals surface area contributed by atoms with Crippen LogP contribution in [-0.4, -0.2) is 30.3 Å². The van der Waals surface area contributed by atoms with Gasteiger partial charge < -0.3 is 15.8 Å². The number of anilines is 2. The Morgan fingerprint density at radius 3 is 2.80 bits per heavy atom. The summed E-state index contributed by atoms with van der Waals surface area (Å²) < 4.78 is 40.7. The number of halogens is 3. The summed E-state index contributed by atoms with van der Waals surface area (Å²) in [5, 5.41) is 2.71. The van der Waals surface area contributed by atoms with Gasteiger partial charge in [0.15, 0.2) is 0 Å². The van der Waals surface area contributed by atoms with Crippen molar-refractivity contribution in [3.05, 3.63) is 17.8 Å². The van der Waals surface area contributed by atoms with E-state index in [1.807, 2.05) is 0 Å². The zero-order valence-electron chi connectivity index (χ0n) is 11.0. The maximum Gasteiger partial charge on any atom is 0.389 e. The third-order valence-corrected chi connectivity index (χ3v) is 2.37. The lowest BCUT2D eigenvalue weighted by molar-refractivity contribution is -0.134. The van der Waals surface area contributed by atoms with E-state index < -0.39 is 18.6 Å². The first-order valence-electron chi connectivity index (χ1n) is 6.06. The van der Waals surface area contributed by atoms with Gasteiger partial charge in [0, 0.05) is 13.0 Å². The van der Waals surface area contributed by atoms with Crippen molar-refractivity contribution >= 4 is 17.5 Å². The highest BCUT2D eigenvalue weighted by Crippen LogP contribution is 2.21. The van der Waals surface area contributed by atoms with E-state index in [1.165, 1.54) is 12.3 Å². The van der Waals surface area contributed by atoms with Crippen molar-refractivity contribution < 1.29 is 22.7 Å². The van der Waals surface area contributed by atoms with Gasteiger partial charge in [-0.3, -0.25) is 0 Å². The molecule has 0 bridgehead atoms. The van der Waals surface area contributed by atoms with Crippen molar-refractivity contribution in [3.8, 4) is 0 Å². The van der Waals surface area contributed by atoms with Gasteiger partial charge in [-0.1, -0.05) is 0 Å². The monoisotopic (exact) mass is 291 g/mol. The number of carbonyl (C=O) groups excluding carboxylic acids is 1. The number of nitrogen functional groups attached to an aromatic ring is 1. The molecule has 1 heterocycles. The minimum absolute atomic E-state index is 0.0791. The summed E-state index contributed by atoms with van der Waals surface area (Å²) in [4.78, 5) is 15.5. The van der Waals surface area contributed by atoms with E-state index in [2.05, 4.69) is 10.3 Å². The Labute approximate surface area is 114 Å². The van der Waals surface area contributed by atoms with Crippen molar-refractivity contribution in [2.75, 3.05) is 24.2 Å². The van der Waals surface area contributed by atoms with Crippen LogP contribution in [0.2, 0.25) is 0 Å². The van der Waals surface area contributed by atoms with Crippen molar-refractivity contribution in [3.63, 3.8) is 0 Å². The molecule has 0 saturated heterocycles. The molecular weight excluding hydrogens is 275 g/mol. The molecule has 3 N–H and O–H groups in total. The fourth-order valence-corrected chi connectivity index (χ4v) is 1.45. The predicted molar refractivity (Wildman–Crippen MR) is 68.4 cm³/mol. The highest BCUT2D eigenvalue weighted by atomic mass is 19.4. The normalized spacial score (nSPS) is 11.2. The van der Waals surface area contributed by atoms with Gasteiger partial charge in [0.1, 0.15) is 5.82 Å². The Bertz CT molecular complexity index is 464. The second-order valence-corrected chi connectivity index (χ2v) is 4.02. The standard InChI is InChI=1S/C12H16F3N3O2/c1-2-20-11(19)8-6-10(18-7-9(8)16)17-5-3-4-12(13,14)15/h6-7H,2-5,16H2,1H3,(H,17,18). The zero-order valence-corrected chi connectivity index (χ0v) is 11.0. The molecule has 0 aromatic carbocycles. The van der Waals surface area contributed by atoms with E-state index in [1.54, 1.807) is 6.92 Å². The Hall–Kier alpha value is -1.99. The molecule has 0 aliphatic rings. The Kier molecular flexibility index (Phi) is 5.60. The Balaban J connectivity index is 2.59. The van der Waals surface area contributed by atoms with Crippen molar-refractivity contribution in [1.82, 2.24) is 4.98 Å². The summed E-state index contributed by atoms with van der Waals surface area (Å²) in [6.45, 7) is 1.96. The van der Waals surface area contributed by atoms with Crippen LogP contribution in [0, 0.1) is 0 Å². The van der Waals surface area contributed by atoms with Crippen molar-refractivity contribution in [1.29, 1.82) is 0 Å². The SMILES string of the molecule is CCOC(=O)c1cc(NCCCC(F)(F)F)ncc1N. The molecule has 0 aliphatic carbocycles. The van der Waals surface area contributed by atoms with Crippen LogP contribution in [0.25, 0.3) is 0 Å². The highest BCUT2D eigenvalue weighted by molar-refractivity contribution is 5.95. The average molecular weight is 291 g/mol. The number of hydrogen-bond acceptors (Lipinski definition) is 5. The summed E-state index contributed by atoms with van der Waals surface area (Å²) in [5.41, 5.74) is 5.89. The summed E-state index contributed by atoms with van der Waals surface area (Å²) in [5.74, 6) is -0.310. The number of nitrogens with two attached hydrogens (primary N) is 1. The van der Waals surface area contributed by atoms with E-state index in [-0.39, 0.29) is 36.6 Å². The van der Waals surface area contributed by atoms with Crippen molar-refractivity contribution in [2.24, 2.45) is 0 Å². The molecule has 20 heavy (non-hydrogen) atoms. The number of ether oxygens (including phenoxy) is 1. The van der Waals surface area contributed by atoms with Gasteiger partial charge in [0.05, 0.1) is 24.1 Å². The number of carbonyl (C=O) groups is 1. The molecule has 0 spiro atoms. The highest BCUT2D eigenvalue weighted by Gasteiger charge is 2.25. The average Bonchev–Trinajstić information content (AvgIpc) is 2.35. The third kappa shape index (κ3) is 5.33. The van der Waals surface area contributed by atoms with E-state index in [4.69, 9.17) is 10.5 Å². The van der Waals surface area contributed by atoms with Gasteiger partial charge in [0.25, 0.3) is 0 Å². The molecule has 0 amide bonds. The van der Waals surface area contributed by atoms with Gasteiger partial charge >= 0.3 is 12.1 Å². The van der Waals surface area contributed by atoms with Gasteiger partial charge in [0.2, 0.25) is 0 Å². The summed E-state index contributed by atoms with van der Waals surface area (Å²) >= 11 is 0. The molecular formula is C12H16F3N3O2. The maximum atomic E-state index is 12.0. The summed E-state index contributed by atoms with van der Waals surface area (Å²) in [6.07, 6.45) is -3.87. The molecule has 0 atom stereocenters. The number of nitrogens with one attached hydrogen (secondary N) is 1. The van der Waals surface area contributed by atoms with Crippen LogP contribution >= 0.6 is 0 Å². The lowest BCUT2D eigenvalue weighted by atomic mass is 10.2. The molecule has 0 unspecified atom stereocenters. The lowest BCUT2D eigenvalue weighted by Gasteiger charge is -2.10. The van der Waals surface area contributed by atoms with Crippen LogP contribution in [0.5, 0.6) is 0 Å². The number of hydrogen-bond donors (Lipinski definition) is 2. The first-order chi connectivity index (χ1) is 9.33. The van der Waals surface area contributed by atoms with Crippen molar-refractivity contribution in [2.45, 2.75) is 25.9 Å². The van der Waals surface area contributed by atoms with Crippen LogP contribution in [0.15, 0.2) is 12.3 Å². The number of nitrogens with zero attached hydrogens (tertiary/aromatic N) is 1. The molecule has 1 rings (SSSR count). The number of aromatic nitrogens is 1. The van der Waals surface area contributed by atoms with Gasteiger partial charge in [-0.15, -0.1) is 0 Å². The van der Waals surface area contributed by atoms with Crippen LogP contribution < -0.4 is 11.1 Å². The first-order valence-corrected chi connectivity index (χ1v) is 6.06. The predicted octanol–water partition coefficient (Wildman–Crippen LogP) is 2.59. The Morgan fingerprint density at radius 1 is 1.50 bits per heavy atom. The first kappa shape index (κ1) is 16.1. The molecule has 5 nitrogen and oxygen atoms in total. The lowest BCUT2D eigenvalue weighted by Crippen LogP contribution is -2.13. The second-order valence-electron chi connectivity index (χ2n) is 4.02. The van der Waals surface area contributed by atoms with Crippen LogP contribution in [0.4, 0.5) is 24.7 Å². The number of rotatable bonds is 6. The largest absolute Gasteiger partial charge is 0.462 e. The quantitative estimate of drug-likeness (QED) is 0.622. The van der Waals surface area contributed by atoms with Gasteiger partial charge in [-0.25, -0.2) is 9.78 Å². The molecule has 1 aromatic heterocycles. The second kappa shape index (κ2) is 6.97. The van der Waals surface area contributed by atoms with E-state index in [0.29, 0.717) is 0 Å². The third-order valence-electron chi connectivity index (χ3n) is 2.37. The smallest absolute Gasteiger partial charge is 0.389 e. The minimum atomic E-state index is -4.17. The van der Waals surface area contributed by atoms with Crippen LogP contribution in [-0.2, 0) is 4.74 Å². The van der Waals surface area contributed by atoms with Gasteiger partial charge in [-0.2, -0.15) is 13.2 Å². The molecule has 112 valence electrons. The van der Waals surface area contributed by atoms with Crippen LogP contribution in [0.3, 0.4) is 0 Å².